The molecule has 0 aromatic heterocycles. The summed E-state index contributed by atoms with van der Waals surface area (Å²) in [5.41, 5.74) is 8.64. The van der Waals surface area contributed by atoms with Crippen LogP contribution in [0.1, 0.15) is 49.2 Å². The van der Waals surface area contributed by atoms with Gasteiger partial charge in [0.05, 0.1) is 6.61 Å². The Kier molecular flexibility index (Phi) is 12.6. The minimum Gasteiger partial charge on any atom is -0.463 e. The predicted octanol–water partition coefficient (Wildman–Crippen LogP) is 1.60. The minimum absolute atomic E-state index is 0. The fourth-order valence-electron chi connectivity index (χ4n) is 4.30. The number of nitrogen functional groups attached to an aromatic ring is 1. The summed E-state index contributed by atoms with van der Waals surface area (Å²) in [6.07, 6.45) is -6.55. The number of ether oxygens (including phenoxy) is 6. The Bertz CT molecular complexity index is 1320. The van der Waals surface area contributed by atoms with E-state index in [1.807, 2.05) is 0 Å². The lowest BCUT2D eigenvalue weighted by atomic mass is 9.98. The molecule has 0 saturated carbocycles. The van der Waals surface area contributed by atoms with E-state index in [-0.39, 0.29) is 24.6 Å². The van der Waals surface area contributed by atoms with Crippen LogP contribution in [0.5, 0.6) is 0 Å². The number of carbonyl (C=O) groups is 5. The van der Waals surface area contributed by atoms with Crippen molar-refractivity contribution in [2.24, 2.45) is 0 Å². The lowest BCUT2D eigenvalue weighted by Crippen LogP contribution is -2.62. The molecule has 0 spiro atoms. The van der Waals surface area contributed by atoms with E-state index in [1.54, 1.807) is 49.4 Å². The molecule has 14 nitrogen and oxygen atoms in total. The average Bonchev–Trinajstić information content (AvgIpc) is 2.91. The first-order valence-electron chi connectivity index (χ1n) is 13.0. The zero-order valence-electron chi connectivity index (χ0n) is 24.4. The van der Waals surface area contributed by atoms with E-state index in [9.17, 15) is 24.0 Å². The van der Waals surface area contributed by atoms with E-state index in [2.05, 4.69) is 5.32 Å². The van der Waals surface area contributed by atoms with Crippen molar-refractivity contribution in [3.8, 4) is 0 Å². The zero-order valence-corrected chi connectivity index (χ0v) is 24.4. The fraction of sp³-hybridized carbons (Fsp3) is 0.414. The number of hydrogen-bond donors (Lipinski definition) is 2. The van der Waals surface area contributed by atoms with Gasteiger partial charge in [-0.05, 0) is 42.3 Å². The molecule has 1 aliphatic rings. The van der Waals surface area contributed by atoms with Gasteiger partial charge in [-0.2, -0.15) is 0 Å². The van der Waals surface area contributed by atoms with Gasteiger partial charge in [0.2, 0.25) is 0 Å². The highest BCUT2D eigenvalue weighted by molar-refractivity contribution is 6.05. The van der Waals surface area contributed by atoms with Crippen LogP contribution in [0.2, 0.25) is 0 Å². The largest absolute Gasteiger partial charge is 0.463 e. The Morgan fingerprint density at radius 2 is 1.42 bits per heavy atom. The molecular weight excluding hydrogens is 568 g/mol. The number of nitrogens with one attached hydrogen (secondary N) is 1. The summed E-state index contributed by atoms with van der Waals surface area (Å²) in [7, 11) is 0. The molecule has 43 heavy (non-hydrogen) atoms. The van der Waals surface area contributed by atoms with Crippen LogP contribution in [0.25, 0.3) is 0 Å². The van der Waals surface area contributed by atoms with Crippen LogP contribution in [-0.2, 0) is 54.2 Å². The van der Waals surface area contributed by atoms with Crippen molar-refractivity contribution >= 4 is 41.2 Å². The van der Waals surface area contributed by atoms with E-state index >= 15 is 0 Å². The third kappa shape index (κ3) is 9.77. The molecule has 5 N–H and O–H groups in total. The van der Waals surface area contributed by atoms with Crippen molar-refractivity contribution < 1.29 is 57.9 Å². The van der Waals surface area contributed by atoms with Gasteiger partial charge in [-0.1, -0.05) is 18.2 Å². The van der Waals surface area contributed by atoms with Crippen molar-refractivity contribution in [1.82, 2.24) is 0 Å². The zero-order chi connectivity index (χ0) is 31.0. The van der Waals surface area contributed by atoms with E-state index in [0.717, 1.165) is 20.8 Å². The van der Waals surface area contributed by atoms with E-state index < -0.39 is 54.6 Å². The highest BCUT2D eigenvalue weighted by atomic mass is 16.7. The molecule has 1 aliphatic heterocycles. The van der Waals surface area contributed by atoms with Crippen molar-refractivity contribution in [2.45, 2.75) is 71.9 Å². The third-order valence-electron chi connectivity index (χ3n) is 6.15. The van der Waals surface area contributed by atoms with Crippen molar-refractivity contribution in [1.29, 1.82) is 0 Å². The van der Waals surface area contributed by atoms with Gasteiger partial charge in [-0.15, -0.1) is 0 Å². The summed E-state index contributed by atoms with van der Waals surface area (Å²) in [5, 5.41) is 2.84. The summed E-state index contributed by atoms with van der Waals surface area (Å²) in [6.45, 7) is 5.78. The maximum Gasteiger partial charge on any atom is 0.303 e. The van der Waals surface area contributed by atoms with Crippen molar-refractivity contribution in [3.63, 3.8) is 0 Å². The maximum absolute atomic E-state index is 12.8. The smallest absolute Gasteiger partial charge is 0.303 e. The first kappa shape index (κ1) is 34.7. The monoisotopic (exact) mass is 604 g/mol. The van der Waals surface area contributed by atoms with Crippen LogP contribution < -0.4 is 11.1 Å². The molecule has 1 saturated heterocycles. The average molecular weight is 605 g/mol. The Hall–Kier alpha value is -4.53. The Labute approximate surface area is 248 Å². The van der Waals surface area contributed by atoms with Gasteiger partial charge in [0.1, 0.15) is 12.7 Å². The topological polar surface area (TPSA) is 210 Å². The number of nitrogens with two attached hydrogens (primary N) is 1. The number of amides is 1. The molecule has 234 valence electrons. The molecule has 0 aliphatic carbocycles. The van der Waals surface area contributed by atoms with E-state index in [0.29, 0.717) is 28.1 Å². The maximum atomic E-state index is 12.8. The first-order valence-corrected chi connectivity index (χ1v) is 13.0. The van der Waals surface area contributed by atoms with Crippen LogP contribution in [0.15, 0.2) is 42.5 Å². The number of benzene rings is 2. The lowest BCUT2D eigenvalue weighted by Gasteiger charge is -2.44. The van der Waals surface area contributed by atoms with Gasteiger partial charge in [0.25, 0.3) is 5.91 Å². The second-order valence-corrected chi connectivity index (χ2v) is 9.56. The SMILES string of the molecule is CC(=O)OC[C@H]1O[C@@H](OCc2cc(N)c(C)c(NC(=O)c3ccccc3)c2)[C@H](OC(C)=O)[C@@H](OC(C)=O)[C@@H]1OC(C)=O.O. The summed E-state index contributed by atoms with van der Waals surface area (Å²) < 4.78 is 33.2. The number of carbonyl (C=O) groups excluding carboxylic acids is 5. The first-order chi connectivity index (χ1) is 19.8. The number of hydrogen-bond acceptors (Lipinski definition) is 12. The summed E-state index contributed by atoms with van der Waals surface area (Å²) in [4.78, 5) is 60.2. The molecule has 5 atom stereocenters. The van der Waals surface area contributed by atoms with Crippen LogP contribution >= 0.6 is 0 Å². The standard InChI is InChI=1S/C29H34N2O11.H2O/c1-15-22(30)11-20(12-23(15)31-28(36)21-9-7-6-8-10-21)13-38-29-27(41-19(5)35)26(40-18(4)34)25(39-17(3)33)24(42-29)14-37-16(2)32;/h6-12,24-27,29H,13-14,30H2,1-5H3,(H,31,36);1H2/t24-,25-,26+,27-,29-;/m1./s1. The van der Waals surface area contributed by atoms with Crippen LogP contribution in [-0.4, -0.2) is 72.6 Å². The van der Waals surface area contributed by atoms with Crippen LogP contribution in [0, 0.1) is 6.92 Å². The molecule has 14 heteroatoms. The molecule has 0 radical (unpaired) electrons. The molecule has 1 amide bonds. The molecule has 2 aromatic rings. The molecule has 3 rings (SSSR count). The number of esters is 4. The van der Waals surface area contributed by atoms with Crippen molar-refractivity contribution in [2.75, 3.05) is 17.7 Å². The highest BCUT2D eigenvalue weighted by Crippen LogP contribution is 2.31. The van der Waals surface area contributed by atoms with Gasteiger partial charge < -0.3 is 44.9 Å². The molecule has 0 bridgehead atoms. The van der Waals surface area contributed by atoms with Crippen LogP contribution in [0.3, 0.4) is 0 Å². The van der Waals surface area contributed by atoms with Gasteiger partial charge >= 0.3 is 23.9 Å². The molecular formula is C29H36N2O12. The third-order valence-corrected chi connectivity index (χ3v) is 6.15. The molecule has 2 aromatic carbocycles. The van der Waals surface area contributed by atoms with Gasteiger partial charge in [-0.25, -0.2) is 0 Å². The van der Waals surface area contributed by atoms with E-state index in [4.69, 9.17) is 34.2 Å². The Morgan fingerprint density at radius 1 is 0.837 bits per heavy atom. The lowest BCUT2D eigenvalue weighted by molar-refractivity contribution is -0.310. The van der Waals surface area contributed by atoms with Gasteiger partial charge in [-0.3, -0.25) is 24.0 Å². The fourth-order valence-corrected chi connectivity index (χ4v) is 4.30. The predicted molar refractivity (Wildman–Crippen MR) is 150 cm³/mol. The Balaban J connectivity index is 0.00000645. The molecule has 1 heterocycles. The van der Waals surface area contributed by atoms with E-state index in [1.165, 1.54) is 6.92 Å². The Morgan fingerprint density at radius 3 is 2.00 bits per heavy atom. The second-order valence-electron chi connectivity index (χ2n) is 9.56. The highest BCUT2D eigenvalue weighted by Gasteiger charge is 2.52. The quantitative estimate of drug-likeness (QED) is 0.225. The summed E-state index contributed by atoms with van der Waals surface area (Å²) in [5.74, 6) is -3.22. The van der Waals surface area contributed by atoms with Crippen LogP contribution in [0.4, 0.5) is 11.4 Å². The van der Waals surface area contributed by atoms with Crippen molar-refractivity contribution in [3.05, 3.63) is 59.2 Å². The normalized spacial score (nSPS) is 21.0. The summed E-state index contributed by atoms with van der Waals surface area (Å²) in [6, 6.07) is 11.9. The van der Waals surface area contributed by atoms with Gasteiger partial charge in [0.15, 0.2) is 24.6 Å². The number of rotatable bonds is 10. The summed E-state index contributed by atoms with van der Waals surface area (Å²) >= 11 is 0. The minimum atomic E-state index is -1.37. The second kappa shape index (κ2) is 15.6. The molecule has 0 unspecified atom stereocenters. The van der Waals surface area contributed by atoms with Gasteiger partial charge in [0, 0.05) is 44.6 Å². The number of anilines is 2. The molecule has 1 fully saturated rings.